The Morgan fingerprint density at radius 3 is 2.69 bits per heavy atom. The average molecular weight is 237 g/mol. The van der Waals surface area contributed by atoms with Crippen LogP contribution in [0.1, 0.15) is 5.56 Å². The summed E-state index contributed by atoms with van der Waals surface area (Å²) in [6.07, 6.45) is 3.40. The molecule has 0 unspecified atom stereocenters. The molecule has 2 N–H and O–H groups in total. The topological polar surface area (TPSA) is 38.9 Å². The average Bonchev–Trinajstić information content (AvgIpc) is 2.33. The highest BCUT2D eigenvalue weighted by atomic mass is 35.5. The van der Waals surface area contributed by atoms with Gasteiger partial charge in [-0.15, -0.1) is 0 Å². The molecule has 0 aliphatic heterocycles. The molecule has 0 bridgehead atoms. The van der Waals surface area contributed by atoms with Crippen LogP contribution in [0.25, 0.3) is 11.1 Å². The predicted octanol–water partition coefficient (Wildman–Crippen LogP) is 3.00. The number of benzene rings is 1. The zero-order chi connectivity index (χ0) is 11.5. The lowest BCUT2D eigenvalue weighted by Gasteiger charge is -2.04. The third kappa shape index (κ3) is 2.21. The molecule has 0 spiro atoms. The summed E-state index contributed by atoms with van der Waals surface area (Å²) in [6, 6.07) is 6.50. The quantitative estimate of drug-likeness (QED) is 0.871. The van der Waals surface area contributed by atoms with Gasteiger partial charge in [0.05, 0.1) is 5.02 Å². The number of hydrogen-bond acceptors (Lipinski definition) is 2. The van der Waals surface area contributed by atoms with Gasteiger partial charge in [0.15, 0.2) is 0 Å². The Bertz CT molecular complexity index is 514. The van der Waals surface area contributed by atoms with E-state index in [1.807, 2.05) is 6.07 Å². The third-order valence-electron chi connectivity index (χ3n) is 2.28. The molecule has 4 heteroatoms. The van der Waals surface area contributed by atoms with Crippen molar-refractivity contribution in [3.63, 3.8) is 0 Å². The van der Waals surface area contributed by atoms with E-state index in [-0.39, 0.29) is 5.02 Å². The van der Waals surface area contributed by atoms with Crippen molar-refractivity contribution in [3.8, 4) is 11.1 Å². The number of rotatable bonds is 2. The van der Waals surface area contributed by atoms with Gasteiger partial charge in [0, 0.05) is 24.5 Å². The van der Waals surface area contributed by atoms with Crippen LogP contribution in [0.2, 0.25) is 5.02 Å². The molecular formula is C12H10ClFN2. The van der Waals surface area contributed by atoms with Gasteiger partial charge in [-0.3, -0.25) is 4.98 Å². The summed E-state index contributed by atoms with van der Waals surface area (Å²) in [7, 11) is 0. The van der Waals surface area contributed by atoms with Crippen molar-refractivity contribution in [2.75, 3.05) is 0 Å². The van der Waals surface area contributed by atoms with Gasteiger partial charge in [0.1, 0.15) is 5.82 Å². The van der Waals surface area contributed by atoms with E-state index in [9.17, 15) is 4.39 Å². The molecule has 1 aromatic carbocycles. The Morgan fingerprint density at radius 1 is 1.19 bits per heavy atom. The van der Waals surface area contributed by atoms with Crippen molar-refractivity contribution in [1.29, 1.82) is 0 Å². The van der Waals surface area contributed by atoms with Crippen LogP contribution in [-0.4, -0.2) is 4.98 Å². The Kier molecular flexibility index (Phi) is 3.17. The molecule has 0 aliphatic carbocycles. The first-order valence-electron chi connectivity index (χ1n) is 4.80. The molecule has 82 valence electrons. The number of nitrogens with two attached hydrogens (primary N) is 1. The lowest BCUT2D eigenvalue weighted by atomic mass is 10.1. The molecular weight excluding hydrogens is 227 g/mol. The number of hydrogen-bond donors (Lipinski definition) is 1. The van der Waals surface area contributed by atoms with Gasteiger partial charge in [-0.05, 0) is 29.3 Å². The second-order valence-electron chi connectivity index (χ2n) is 3.41. The van der Waals surface area contributed by atoms with Crippen LogP contribution in [0.3, 0.4) is 0 Å². The van der Waals surface area contributed by atoms with E-state index < -0.39 is 5.82 Å². The van der Waals surface area contributed by atoms with E-state index in [2.05, 4.69) is 4.98 Å². The van der Waals surface area contributed by atoms with Crippen molar-refractivity contribution < 1.29 is 4.39 Å². The lowest BCUT2D eigenvalue weighted by molar-refractivity contribution is 0.628. The first-order chi connectivity index (χ1) is 7.70. The molecule has 0 radical (unpaired) electrons. The molecule has 0 saturated carbocycles. The highest BCUT2D eigenvalue weighted by Gasteiger charge is 2.03. The first-order valence-corrected chi connectivity index (χ1v) is 5.18. The molecule has 1 heterocycles. The highest BCUT2D eigenvalue weighted by molar-refractivity contribution is 6.31. The van der Waals surface area contributed by atoms with Gasteiger partial charge in [-0.1, -0.05) is 17.7 Å². The molecule has 1 aromatic heterocycles. The minimum absolute atomic E-state index is 0.107. The maximum Gasteiger partial charge on any atom is 0.141 e. The second kappa shape index (κ2) is 4.60. The van der Waals surface area contributed by atoms with E-state index in [1.54, 1.807) is 24.5 Å². The smallest absolute Gasteiger partial charge is 0.141 e. The van der Waals surface area contributed by atoms with Crippen molar-refractivity contribution in [3.05, 3.63) is 53.1 Å². The van der Waals surface area contributed by atoms with Gasteiger partial charge >= 0.3 is 0 Å². The lowest BCUT2D eigenvalue weighted by Crippen LogP contribution is -1.97. The standard InChI is InChI=1S/C12H10ClFN2/c13-11-4-9(1-2-12(11)14)10-3-8(5-15)6-16-7-10/h1-4,6-7H,5,15H2. The van der Waals surface area contributed by atoms with Crippen molar-refractivity contribution in [1.82, 2.24) is 4.98 Å². The summed E-state index contributed by atoms with van der Waals surface area (Å²) in [5.41, 5.74) is 8.16. The van der Waals surface area contributed by atoms with Crippen LogP contribution in [-0.2, 0) is 6.54 Å². The number of pyridine rings is 1. The summed E-state index contributed by atoms with van der Waals surface area (Å²) < 4.78 is 13.0. The summed E-state index contributed by atoms with van der Waals surface area (Å²) >= 11 is 5.72. The van der Waals surface area contributed by atoms with Gasteiger partial charge in [-0.25, -0.2) is 4.39 Å². The van der Waals surface area contributed by atoms with Crippen LogP contribution >= 0.6 is 11.6 Å². The third-order valence-corrected chi connectivity index (χ3v) is 2.57. The molecule has 0 atom stereocenters. The van der Waals surface area contributed by atoms with E-state index in [4.69, 9.17) is 17.3 Å². The largest absolute Gasteiger partial charge is 0.326 e. The molecule has 16 heavy (non-hydrogen) atoms. The molecule has 0 fully saturated rings. The number of halogens is 2. The fraction of sp³-hybridized carbons (Fsp3) is 0.0833. The Morgan fingerprint density at radius 2 is 2.00 bits per heavy atom. The van der Waals surface area contributed by atoms with Crippen molar-refractivity contribution >= 4 is 11.6 Å². The molecule has 2 rings (SSSR count). The molecule has 0 aliphatic rings. The maximum absolute atomic E-state index is 13.0. The van der Waals surface area contributed by atoms with Gasteiger partial charge in [0.2, 0.25) is 0 Å². The van der Waals surface area contributed by atoms with Gasteiger partial charge < -0.3 is 5.73 Å². The summed E-state index contributed by atoms with van der Waals surface area (Å²) in [5, 5.41) is 0.107. The van der Waals surface area contributed by atoms with Crippen molar-refractivity contribution in [2.45, 2.75) is 6.54 Å². The normalized spacial score (nSPS) is 10.4. The van der Waals surface area contributed by atoms with Crippen LogP contribution in [0.5, 0.6) is 0 Å². The zero-order valence-electron chi connectivity index (χ0n) is 8.45. The van der Waals surface area contributed by atoms with Gasteiger partial charge in [0.25, 0.3) is 0 Å². The Balaban J connectivity index is 2.46. The maximum atomic E-state index is 13.0. The first kappa shape index (κ1) is 11.0. The summed E-state index contributed by atoms with van der Waals surface area (Å²) in [4.78, 5) is 4.07. The Labute approximate surface area is 97.9 Å². The van der Waals surface area contributed by atoms with Crippen LogP contribution < -0.4 is 5.73 Å². The second-order valence-corrected chi connectivity index (χ2v) is 3.82. The molecule has 0 saturated heterocycles. The summed E-state index contributed by atoms with van der Waals surface area (Å²) in [6.45, 7) is 0.426. The molecule has 2 aromatic rings. The van der Waals surface area contributed by atoms with E-state index in [1.165, 1.54) is 6.07 Å². The fourth-order valence-corrected chi connectivity index (χ4v) is 1.61. The SMILES string of the molecule is NCc1cncc(-c2ccc(F)c(Cl)c2)c1. The monoisotopic (exact) mass is 236 g/mol. The summed E-state index contributed by atoms with van der Waals surface area (Å²) in [5.74, 6) is -0.423. The predicted molar refractivity (Wildman–Crippen MR) is 62.5 cm³/mol. The van der Waals surface area contributed by atoms with E-state index in [0.717, 1.165) is 16.7 Å². The number of aromatic nitrogens is 1. The highest BCUT2D eigenvalue weighted by Crippen LogP contribution is 2.24. The molecule has 0 amide bonds. The van der Waals surface area contributed by atoms with Crippen molar-refractivity contribution in [2.24, 2.45) is 5.73 Å². The zero-order valence-corrected chi connectivity index (χ0v) is 9.21. The van der Waals surface area contributed by atoms with E-state index in [0.29, 0.717) is 6.54 Å². The minimum atomic E-state index is -0.423. The fourth-order valence-electron chi connectivity index (χ4n) is 1.43. The number of nitrogens with zero attached hydrogens (tertiary/aromatic N) is 1. The van der Waals surface area contributed by atoms with Crippen LogP contribution in [0.15, 0.2) is 36.7 Å². The van der Waals surface area contributed by atoms with Crippen LogP contribution in [0.4, 0.5) is 4.39 Å². The van der Waals surface area contributed by atoms with E-state index >= 15 is 0 Å². The minimum Gasteiger partial charge on any atom is -0.326 e. The van der Waals surface area contributed by atoms with Crippen LogP contribution in [0, 0.1) is 5.82 Å². The Hall–Kier alpha value is -1.45. The molecule has 2 nitrogen and oxygen atoms in total. The van der Waals surface area contributed by atoms with Gasteiger partial charge in [-0.2, -0.15) is 0 Å².